The molecule has 0 aliphatic carbocycles. The van der Waals surface area contributed by atoms with Crippen LogP contribution in [-0.4, -0.2) is 37.7 Å². The van der Waals surface area contributed by atoms with Gasteiger partial charge in [-0.25, -0.2) is 14.4 Å². The van der Waals surface area contributed by atoms with Crippen LogP contribution in [-0.2, 0) is 28.6 Å². The van der Waals surface area contributed by atoms with E-state index in [1.54, 1.807) is 0 Å². The molecule has 0 aliphatic heterocycles. The van der Waals surface area contributed by atoms with E-state index in [-0.39, 0.29) is 17.9 Å². The van der Waals surface area contributed by atoms with Gasteiger partial charge in [0.15, 0.2) is 0 Å². The number of ether oxygens (including phenoxy) is 3. The standard InChI is InChI=1S/C12H18O4.C7H12O2/c1-3-11(13)15-9-7-5-6-8-10-16-12(14)4-2;1-3-5-6-9-7(8)4-2/h3-4H,1-2,5-10H2;4H,2-3,5-6H2,1H3. The number of esters is 3. The molecule has 0 heterocycles. The van der Waals surface area contributed by atoms with Crippen LogP contribution in [0.3, 0.4) is 0 Å². The lowest BCUT2D eigenvalue weighted by Gasteiger charge is -2.03. The Labute approximate surface area is 150 Å². The zero-order valence-corrected chi connectivity index (χ0v) is 15.2. The molecule has 142 valence electrons. The van der Waals surface area contributed by atoms with Gasteiger partial charge in [-0.3, -0.25) is 0 Å². The molecule has 0 saturated heterocycles. The van der Waals surface area contributed by atoms with Crippen molar-refractivity contribution in [2.45, 2.75) is 45.4 Å². The van der Waals surface area contributed by atoms with Gasteiger partial charge in [0.1, 0.15) is 0 Å². The second-order valence-electron chi connectivity index (χ2n) is 4.88. The molecule has 0 aromatic carbocycles. The number of carbonyl (C=O) groups excluding carboxylic acids is 3. The smallest absolute Gasteiger partial charge is 0.330 e. The van der Waals surface area contributed by atoms with Gasteiger partial charge in [-0.1, -0.05) is 33.1 Å². The average molecular weight is 354 g/mol. The maximum atomic E-state index is 10.6. The van der Waals surface area contributed by atoms with Crippen molar-refractivity contribution in [3.05, 3.63) is 38.0 Å². The Morgan fingerprint density at radius 1 is 0.640 bits per heavy atom. The lowest BCUT2D eigenvalue weighted by molar-refractivity contribution is -0.139. The maximum Gasteiger partial charge on any atom is 0.330 e. The molecule has 6 heteroatoms. The molecule has 0 aromatic heterocycles. The minimum atomic E-state index is -0.389. The third kappa shape index (κ3) is 21.6. The maximum absolute atomic E-state index is 10.6. The van der Waals surface area contributed by atoms with E-state index in [2.05, 4.69) is 24.5 Å². The average Bonchev–Trinajstić information content (AvgIpc) is 2.63. The highest BCUT2D eigenvalue weighted by Gasteiger charge is 1.97. The Bertz CT molecular complexity index is 388. The molecule has 0 fully saturated rings. The Balaban J connectivity index is 0. The molecule has 6 nitrogen and oxygen atoms in total. The molecule has 0 aliphatic rings. The van der Waals surface area contributed by atoms with Gasteiger partial charge >= 0.3 is 17.9 Å². The topological polar surface area (TPSA) is 78.9 Å². The zero-order chi connectivity index (χ0) is 19.3. The Morgan fingerprint density at radius 3 is 1.24 bits per heavy atom. The highest BCUT2D eigenvalue weighted by molar-refractivity contribution is 5.81. The number of hydrogen-bond acceptors (Lipinski definition) is 6. The molecule has 0 rings (SSSR count). The molecular formula is C19H30O6. The molecule has 0 N–H and O–H groups in total. The summed E-state index contributed by atoms with van der Waals surface area (Å²) in [6.45, 7) is 13.2. The van der Waals surface area contributed by atoms with Gasteiger partial charge in [-0.15, -0.1) is 0 Å². The van der Waals surface area contributed by atoms with Gasteiger partial charge in [0.2, 0.25) is 0 Å². The fourth-order valence-electron chi connectivity index (χ4n) is 1.40. The Hall–Kier alpha value is -2.37. The van der Waals surface area contributed by atoms with Crippen molar-refractivity contribution in [1.29, 1.82) is 0 Å². The molecular weight excluding hydrogens is 324 g/mol. The van der Waals surface area contributed by atoms with Crippen molar-refractivity contribution in [3.63, 3.8) is 0 Å². The summed E-state index contributed by atoms with van der Waals surface area (Å²) in [7, 11) is 0. The van der Waals surface area contributed by atoms with E-state index in [1.165, 1.54) is 6.08 Å². The summed E-state index contributed by atoms with van der Waals surface area (Å²) in [6.07, 6.45) is 8.96. The summed E-state index contributed by atoms with van der Waals surface area (Å²) < 4.78 is 14.3. The first-order chi connectivity index (χ1) is 12.0. The minimum Gasteiger partial charge on any atom is -0.463 e. The van der Waals surface area contributed by atoms with E-state index in [0.29, 0.717) is 19.8 Å². The van der Waals surface area contributed by atoms with Crippen molar-refractivity contribution in [2.24, 2.45) is 0 Å². The number of hydrogen-bond donors (Lipinski definition) is 0. The lowest BCUT2D eigenvalue weighted by Crippen LogP contribution is -2.03. The SMILES string of the molecule is C=CC(=O)OCCCC.C=CC(=O)OCCCCCCOC(=O)C=C. The van der Waals surface area contributed by atoms with Crippen LogP contribution < -0.4 is 0 Å². The molecule has 0 unspecified atom stereocenters. The van der Waals surface area contributed by atoms with E-state index in [0.717, 1.165) is 50.7 Å². The molecule has 0 spiro atoms. The first-order valence-corrected chi connectivity index (χ1v) is 8.39. The van der Waals surface area contributed by atoms with Crippen LogP contribution in [0.15, 0.2) is 38.0 Å². The normalized spacial score (nSPS) is 9.00. The zero-order valence-electron chi connectivity index (χ0n) is 15.2. The first-order valence-electron chi connectivity index (χ1n) is 8.39. The van der Waals surface area contributed by atoms with Crippen molar-refractivity contribution in [2.75, 3.05) is 19.8 Å². The molecule has 0 bridgehead atoms. The minimum absolute atomic E-state index is 0.330. The Morgan fingerprint density at radius 2 is 0.960 bits per heavy atom. The molecule has 0 radical (unpaired) electrons. The van der Waals surface area contributed by atoms with Gasteiger partial charge in [-0.2, -0.15) is 0 Å². The quantitative estimate of drug-likeness (QED) is 0.218. The highest BCUT2D eigenvalue weighted by Crippen LogP contribution is 2.01. The van der Waals surface area contributed by atoms with Crippen molar-refractivity contribution in [1.82, 2.24) is 0 Å². The highest BCUT2D eigenvalue weighted by atomic mass is 16.5. The molecule has 0 saturated carbocycles. The number of carbonyl (C=O) groups is 3. The monoisotopic (exact) mass is 354 g/mol. The van der Waals surface area contributed by atoms with E-state index in [4.69, 9.17) is 9.47 Å². The fourth-order valence-corrected chi connectivity index (χ4v) is 1.40. The Kier molecular flexibility index (Phi) is 19.6. The van der Waals surface area contributed by atoms with Crippen LogP contribution in [0, 0.1) is 0 Å². The van der Waals surface area contributed by atoms with Crippen LogP contribution in [0.2, 0.25) is 0 Å². The summed E-state index contributed by atoms with van der Waals surface area (Å²) in [5.41, 5.74) is 0. The van der Waals surface area contributed by atoms with Crippen LogP contribution in [0.5, 0.6) is 0 Å². The third-order valence-electron chi connectivity index (χ3n) is 2.77. The summed E-state index contributed by atoms with van der Waals surface area (Å²) in [4.78, 5) is 31.6. The summed E-state index contributed by atoms with van der Waals surface area (Å²) in [5, 5.41) is 0. The van der Waals surface area contributed by atoms with Crippen LogP contribution in [0.1, 0.15) is 45.4 Å². The fraction of sp³-hybridized carbons (Fsp3) is 0.526. The molecule has 0 amide bonds. The number of rotatable bonds is 13. The summed E-state index contributed by atoms with van der Waals surface area (Å²) >= 11 is 0. The van der Waals surface area contributed by atoms with Crippen LogP contribution >= 0.6 is 0 Å². The second-order valence-corrected chi connectivity index (χ2v) is 4.88. The van der Waals surface area contributed by atoms with Crippen LogP contribution in [0.25, 0.3) is 0 Å². The van der Waals surface area contributed by atoms with Gasteiger partial charge in [0.05, 0.1) is 19.8 Å². The van der Waals surface area contributed by atoms with Crippen molar-refractivity contribution >= 4 is 17.9 Å². The van der Waals surface area contributed by atoms with Gasteiger partial charge in [0.25, 0.3) is 0 Å². The van der Waals surface area contributed by atoms with Crippen LogP contribution in [0.4, 0.5) is 0 Å². The first kappa shape index (κ1) is 24.9. The number of unbranched alkanes of at least 4 members (excludes halogenated alkanes) is 4. The van der Waals surface area contributed by atoms with E-state index in [1.807, 2.05) is 6.92 Å². The van der Waals surface area contributed by atoms with Gasteiger partial charge in [0, 0.05) is 18.2 Å². The van der Waals surface area contributed by atoms with Crippen molar-refractivity contribution in [3.8, 4) is 0 Å². The van der Waals surface area contributed by atoms with E-state index in [9.17, 15) is 14.4 Å². The van der Waals surface area contributed by atoms with Gasteiger partial charge < -0.3 is 14.2 Å². The summed E-state index contributed by atoms with van der Waals surface area (Å²) in [6, 6.07) is 0. The third-order valence-corrected chi connectivity index (χ3v) is 2.77. The predicted octanol–water partition coefficient (Wildman–Crippen LogP) is 3.52. The second kappa shape index (κ2) is 19.7. The molecule has 0 aromatic rings. The van der Waals surface area contributed by atoms with Crippen molar-refractivity contribution < 1.29 is 28.6 Å². The van der Waals surface area contributed by atoms with Gasteiger partial charge in [-0.05, 0) is 32.1 Å². The lowest BCUT2D eigenvalue weighted by atomic mass is 10.2. The predicted molar refractivity (Wildman–Crippen MR) is 96.8 cm³/mol. The molecule has 0 atom stereocenters. The summed E-state index contributed by atoms with van der Waals surface area (Å²) in [5.74, 6) is -1.11. The largest absolute Gasteiger partial charge is 0.463 e. The van der Waals surface area contributed by atoms with E-state index >= 15 is 0 Å². The van der Waals surface area contributed by atoms with E-state index < -0.39 is 0 Å². The molecule has 25 heavy (non-hydrogen) atoms.